The Morgan fingerprint density at radius 1 is 1.40 bits per heavy atom. The minimum Gasteiger partial charge on any atom is -0.374 e. The third-order valence-electron chi connectivity index (χ3n) is 3.20. The van der Waals surface area contributed by atoms with E-state index in [1.807, 2.05) is 13.8 Å². The molecule has 0 saturated heterocycles. The molecule has 0 spiro atoms. The van der Waals surface area contributed by atoms with Crippen LogP contribution in [0, 0.1) is 0 Å². The SMILES string of the molecule is CN1CCc2cc(C(C)(C)ON)ccc21. The van der Waals surface area contributed by atoms with E-state index in [-0.39, 0.29) is 0 Å². The molecule has 1 aliphatic rings. The predicted octanol–water partition coefficient (Wildman–Crippen LogP) is 1.80. The second-order valence-electron chi connectivity index (χ2n) is 4.64. The molecule has 82 valence electrons. The van der Waals surface area contributed by atoms with E-state index >= 15 is 0 Å². The lowest BCUT2D eigenvalue weighted by atomic mass is 9.95. The molecule has 0 aromatic heterocycles. The molecule has 1 aliphatic heterocycles. The van der Waals surface area contributed by atoms with Gasteiger partial charge >= 0.3 is 0 Å². The van der Waals surface area contributed by atoms with Crippen LogP contribution in [0.25, 0.3) is 0 Å². The summed E-state index contributed by atoms with van der Waals surface area (Å²) in [5.74, 6) is 5.30. The summed E-state index contributed by atoms with van der Waals surface area (Å²) in [4.78, 5) is 7.27. The van der Waals surface area contributed by atoms with E-state index in [9.17, 15) is 0 Å². The first-order valence-electron chi connectivity index (χ1n) is 5.27. The number of fused-ring (bicyclic) bond motifs is 1. The molecule has 3 nitrogen and oxygen atoms in total. The van der Waals surface area contributed by atoms with E-state index in [0.29, 0.717) is 0 Å². The number of anilines is 1. The summed E-state index contributed by atoms with van der Waals surface area (Å²) in [6.45, 7) is 5.06. The van der Waals surface area contributed by atoms with Crippen LogP contribution in [0.3, 0.4) is 0 Å². The Balaban J connectivity index is 2.39. The fourth-order valence-corrected chi connectivity index (χ4v) is 2.01. The van der Waals surface area contributed by atoms with Crippen molar-refractivity contribution in [3.05, 3.63) is 29.3 Å². The first-order valence-corrected chi connectivity index (χ1v) is 5.27. The van der Waals surface area contributed by atoms with Gasteiger partial charge in [-0.2, -0.15) is 0 Å². The molecule has 2 N–H and O–H groups in total. The van der Waals surface area contributed by atoms with Crippen molar-refractivity contribution in [3.8, 4) is 0 Å². The number of benzene rings is 1. The fourth-order valence-electron chi connectivity index (χ4n) is 2.01. The maximum atomic E-state index is 5.30. The molecule has 0 aliphatic carbocycles. The van der Waals surface area contributed by atoms with Gasteiger partial charge in [-0.05, 0) is 37.5 Å². The van der Waals surface area contributed by atoms with Crippen molar-refractivity contribution in [2.24, 2.45) is 5.90 Å². The second-order valence-corrected chi connectivity index (χ2v) is 4.64. The number of hydrogen-bond acceptors (Lipinski definition) is 3. The quantitative estimate of drug-likeness (QED) is 0.750. The third-order valence-corrected chi connectivity index (χ3v) is 3.20. The van der Waals surface area contributed by atoms with Crippen LogP contribution in [0.15, 0.2) is 18.2 Å². The van der Waals surface area contributed by atoms with E-state index in [0.717, 1.165) is 18.5 Å². The van der Waals surface area contributed by atoms with Gasteiger partial charge < -0.3 is 4.90 Å². The Bertz CT molecular complexity index is 374. The summed E-state index contributed by atoms with van der Waals surface area (Å²) < 4.78 is 0. The lowest BCUT2D eigenvalue weighted by Crippen LogP contribution is -2.25. The highest BCUT2D eigenvalue weighted by Crippen LogP contribution is 2.31. The highest BCUT2D eigenvalue weighted by Gasteiger charge is 2.23. The van der Waals surface area contributed by atoms with Gasteiger partial charge in [0.1, 0.15) is 5.60 Å². The van der Waals surface area contributed by atoms with Gasteiger partial charge in [-0.25, -0.2) is 5.90 Å². The maximum Gasteiger partial charge on any atom is 0.109 e. The summed E-state index contributed by atoms with van der Waals surface area (Å²) >= 11 is 0. The smallest absolute Gasteiger partial charge is 0.109 e. The summed E-state index contributed by atoms with van der Waals surface area (Å²) in [6.07, 6.45) is 1.11. The van der Waals surface area contributed by atoms with Gasteiger partial charge in [-0.1, -0.05) is 12.1 Å². The largest absolute Gasteiger partial charge is 0.374 e. The molecule has 0 unspecified atom stereocenters. The molecular weight excluding hydrogens is 188 g/mol. The summed E-state index contributed by atoms with van der Waals surface area (Å²) in [6, 6.07) is 6.44. The predicted molar refractivity (Wildman–Crippen MR) is 61.7 cm³/mol. The topological polar surface area (TPSA) is 38.5 Å². The van der Waals surface area contributed by atoms with Crippen molar-refractivity contribution in [2.75, 3.05) is 18.5 Å². The second kappa shape index (κ2) is 3.51. The average molecular weight is 206 g/mol. The molecule has 0 fully saturated rings. The van der Waals surface area contributed by atoms with Crippen molar-refractivity contribution in [2.45, 2.75) is 25.9 Å². The molecule has 0 saturated carbocycles. The van der Waals surface area contributed by atoms with Crippen LogP contribution in [0.2, 0.25) is 0 Å². The molecule has 0 atom stereocenters. The Morgan fingerprint density at radius 2 is 2.13 bits per heavy atom. The maximum absolute atomic E-state index is 5.30. The lowest BCUT2D eigenvalue weighted by molar-refractivity contribution is -0.0236. The van der Waals surface area contributed by atoms with E-state index in [2.05, 4.69) is 30.1 Å². The van der Waals surface area contributed by atoms with Crippen LogP contribution in [0.1, 0.15) is 25.0 Å². The highest BCUT2D eigenvalue weighted by atomic mass is 16.6. The van der Waals surface area contributed by atoms with Crippen LogP contribution >= 0.6 is 0 Å². The number of likely N-dealkylation sites (N-methyl/N-ethyl adjacent to an activating group) is 1. The van der Waals surface area contributed by atoms with Crippen LogP contribution < -0.4 is 10.8 Å². The molecule has 3 heteroatoms. The van der Waals surface area contributed by atoms with Crippen molar-refractivity contribution in [1.82, 2.24) is 0 Å². The van der Waals surface area contributed by atoms with Crippen molar-refractivity contribution < 1.29 is 4.84 Å². The summed E-state index contributed by atoms with van der Waals surface area (Å²) in [5, 5.41) is 0. The number of nitrogens with zero attached hydrogens (tertiary/aromatic N) is 1. The standard InChI is InChI=1S/C12H18N2O/c1-12(2,15-13)10-4-5-11-9(8-10)6-7-14(11)3/h4-5,8H,6-7,13H2,1-3H3. The first-order chi connectivity index (χ1) is 7.04. The normalized spacial score (nSPS) is 15.6. The van der Waals surface area contributed by atoms with Crippen molar-refractivity contribution in [1.29, 1.82) is 0 Å². The molecule has 0 amide bonds. The van der Waals surface area contributed by atoms with Crippen LogP contribution in [-0.2, 0) is 16.9 Å². The monoisotopic (exact) mass is 206 g/mol. The summed E-state index contributed by atoms with van der Waals surface area (Å²) in [5.41, 5.74) is 3.45. The Labute approximate surface area is 90.8 Å². The minimum absolute atomic E-state index is 0.407. The first kappa shape index (κ1) is 10.5. The number of rotatable bonds is 2. The lowest BCUT2D eigenvalue weighted by Gasteiger charge is -2.23. The van der Waals surface area contributed by atoms with Gasteiger partial charge in [0.05, 0.1) is 0 Å². The molecule has 2 rings (SSSR count). The van der Waals surface area contributed by atoms with E-state index in [1.165, 1.54) is 11.3 Å². The zero-order valence-electron chi connectivity index (χ0n) is 9.58. The molecule has 1 aromatic carbocycles. The average Bonchev–Trinajstić information content (AvgIpc) is 2.60. The van der Waals surface area contributed by atoms with Gasteiger partial charge in [0.25, 0.3) is 0 Å². The summed E-state index contributed by atoms with van der Waals surface area (Å²) in [7, 11) is 2.12. The van der Waals surface area contributed by atoms with Gasteiger partial charge in [-0.3, -0.25) is 4.84 Å². The van der Waals surface area contributed by atoms with E-state index in [1.54, 1.807) is 0 Å². The van der Waals surface area contributed by atoms with Gasteiger partial charge in [-0.15, -0.1) is 0 Å². The van der Waals surface area contributed by atoms with Crippen LogP contribution in [0.5, 0.6) is 0 Å². The molecule has 0 bridgehead atoms. The third kappa shape index (κ3) is 1.73. The van der Waals surface area contributed by atoms with Crippen molar-refractivity contribution >= 4 is 5.69 Å². The van der Waals surface area contributed by atoms with Crippen LogP contribution in [-0.4, -0.2) is 13.6 Å². The number of nitrogens with two attached hydrogens (primary N) is 1. The van der Waals surface area contributed by atoms with Gasteiger partial charge in [0.2, 0.25) is 0 Å². The number of hydrogen-bond donors (Lipinski definition) is 1. The zero-order valence-corrected chi connectivity index (χ0v) is 9.58. The molecular formula is C12H18N2O. The van der Waals surface area contributed by atoms with E-state index in [4.69, 9.17) is 10.7 Å². The Kier molecular flexibility index (Phi) is 2.44. The highest BCUT2D eigenvalue weighted by molar-refractivity contribution is 5.58. The Morgan fingerprint density at radius 3 is 2.80 bits per heavy atom. The van der Waals surface area contributed by atoms with E-state index < -0.39 is 5.60 Å². The zero-order chi connectivity index (χ0) is 11.1. The molecule has 0 radical (unpaired) electrons. The molecule has 15 heavy (non-hydrogen) atoms. The van der Waals surface area contributed by atoms with Gasteiger partial charge in [0, 0.05) is 19.3 Å². The van der Waals surface area contributed by atoms with Gasteiger partial charge in [0.15, 0.2) is 0 Å². The van der Waals surface area contributed by atoms with Crippen LogP contribution in [0.4, 0.5) is 5.69 Å². The molecule has 1 heterocycles. The van der Waals surface area contributed by atoms with Crippen molar-refractivity contribution in [3.63, 3.8) is 0 Å². The molecule has 1 aromatic rings. The Hall–Kier alpha value is -1.06. The fraction of sp³-hybridized carbons (Fsp3) is 0.500. The minimum atomic E-state index is -0.407.